The predicted molar refractivity (Wildman–Crippen MR) is 66.1 cm³/mol. The molecule has 0 fully saturated rings. The molecule has 1 N–H and O–H groups in total. The van der Waals surface area contributed by atoms with Gasteiger partial charge in [0.25, 0.3) is 0 Å². The number of benzene rings is 1. The van der Waals surface area contributed by atoms with Crippen molar-refractivity contribution in [1.29, 1.82) is 5.26 Å². The topological polar surface area (TPSA) is 53.2 Å². The number of hydrogen-bond acceptors (Lipinski definition) is 3. The van der Waals surface area contributed by atoms with E-state index in [4.69, 9.17) is 4.74 Å². The highest BCUT2D eigenvalue weighted by molar-refractivity contribution is 5.31. The first-order chi connectivity index (χ1) is 8.09. The summed E-state index contributed by atoms with van der Waals surface area (Å²) in [6, 6.07) is 9.74. The largest absolute Gasteiger partial charge is 0.387 e. The molecule has 0 saturated heterocycles. The molecule has 0 saturated carbocycles. The maximum Gasteiger partial charge on any atom is 0.0976 e. The van der Waals surface area contributed by atoms with Gasteiger partial charge in [0.1, 0.15) is 0 Å². The van der Waals surface area contributed by atoms with E-state index in [2.05, 4.69) is 6.07 Å². The molecule has 0 aliphatic carbocycles. The molecule has 0 aliphatic rings. The quantitative estimate of drug-likeness (QED) is 0.850. The summed E-state index contributed by atoms with van der Waals surface area (Å²) in [5.74, 6) is 0. The fraction of sp³-hybridized carbons (Fsp3) is 0.500. The van der Waals surface area contributed by atoms with Gasteiger partial charge in [-0.2, -0.15) is 5.26 Å². The summed E-state index contributed by atoms with van der Waals surface area (Å²) >= 11 is 0. The van der Waals surface area contributed by atoms with E-state index in [9.17, 15) is 10.4 Å². The smallest absolute Gasteiger partial charge is 0.0976 e. The van der Waals surface area contributed by atoms with Gasteiger partial charge in [0.15, 0.2) is 0 Å². The molecular formula is C14H19NO2. The van der Waals surface area contributed by atoms with Crippen LogP contribution in [-0.4, -0.2) is 12.2 Å². The first-order valence-corrected chi connectivity index (χ1v) is 5.75. The van der Waals surface area contributed by atoms with Gasteiger partial charge in [0, 0.05) is 7.11 Å². The van der Waals surface area contributed by atoms with E-state index < -0.39 is 11.5 Å². The third-order valence-corrected chi connectivity index (χ3v) is 3.24. The summed E-state index contributed by atoms with van der Waals surface area (Å²) in [4.78, 5) is 0. The molecule has 1 aromatic carbocycles. The predicted octanol–water partition coefficient (Wildman–Crippen LogP) is 2.81. The van der Waals surface area contributed by atoms with E-state index >= 15 is 0 Å². The molecule has 0 bridgehead atoms. The summed E-state index contributed by atoms with van der Waals surface area (Å²) < 4.78 is 5.10. The van der Waals surface area contributed by atoms with Crippen LogP contribution in [0.5, 0.6) is 0 Å². The maximum atomic E-state index is 10.4. The summed E-state index contributed by atoms with van der Waals surface area (Å²) in [7, 11) is 1.62. The van der Waals surface area contributed by atoms with E-state index in [1.165, 1.54) is 0 Å². The van der Waals surface area contributed by atoms with Crippen molar-refractivity contribution in [2.45, 2.75) is 33.0 Å². The molecule has 0 aromatic heterocycles. The average molecular weight is 233 g/mol. The molecule has 0 spiro atoms. The Balaban J connectivity index is 3.12. The first kappa shape index (κ1) is 13.7. The van der Waals surface area contributed by atoms with Gasteiger partial charge in [0.05, 0.1) is 24.2 Å². The third-order valence-electron chi connectivity index (χ3n) is 3.24. The number of aliphatic hydroxyl groups is 1. The van der Waals surface area contributed by atoms with Gasteiger partial charge >= 0.3 is 0 Å². The first-order valence-electron chi connectivity index (χ1n) is 5.75. The van der Waals surface area contributed by atoms with Crippen LogP contribution in [0.2, 0.25) is 0 Å². The lowest BCUT2D eigenvalue weighted by molar-refractivity contribution is 0.0692. The molecule has 0 amide bonds. The number of nitrogens with zero attached hydrogens (tertiary/aromatic N) is 1. The molecule has 0 radical (unpaired) electrons. The van der Waals surface area contributed by atoms with Crippen LogP contribution in [0.15, 0.2) is 24.3 Å². The Morgan fingerprint density at radius 1 is 1.47 bits per heavy atom. The van der Waals surface area contributed by atoms with Crippen molar-refractivity contribution >= 4 is 0 Å². The van der Waals surface area contributed by atoms with E-state index in [1.54, 1.807) is 14.0 Å². The normalized spacial score (nSPS) is 15.9. The van der Waals surface area contributed by atoms with Crippen LogP contribution in [0.3, 0.4) is 0 Å². The molecule has 2 unspecified atom stereocenters. The van der Waals surface area contributed by atoms with Crippen molar-refractivity contribution in [1.82, 2.24) is 0 Å². The Kier molecular flexibility index (Phi) is 4.68. The Morgan fingerprint density at radius 3 is 2.65 bits per heavy atom. The number of methoxy groups -OCH3 is 1. The number of hydrogen-bond donors (Lipinski definition) is 1. The molecule has 0 aliphatic heterocycles. The van der Waals surface area contributed by atoms with Gasteiger partial charge in [-0.05, 0) is 24.5 Å². The highest BCUT2D eigenvalue weighted by Crippen LogP contribution is 2.37. The lowest BCUT2D eigenvalue weighted by atomic mass is 9.78. The van der Waals surface area contributed by atoms with Crippen LogP contribution < -0.4 is 0 Å². The van der Waals surface area contributed by atoms with E-state index in [0.29, 0.717) is 13.0 Å². The van der Waals surface area contributed by atoms with Crippen molar-refractivity contribution in [3.8, 4) is 6.07 Å². The third kappa shape index (κ3) is 2.85. The zero-order chi connectivity index (χ0) is 12.9. The number of nitriles is 1. The van der Waals surface area contributed by atoms with Gasteiger partial charge in [-0.1, -0.05) is 31.2 Å². The van der Waals surface area contributed by atoms with Crippen LogP contribution >= 0.6 is 0 Å². The second kappa shape index (κ2) is 5.81. The van der Waals surface area contributed by atoms with Crippen molar-refractivity contribution < 1.29 is 9.84 Å². The number of ether oxygens (including phenoxy) is 1. The maximum absolute atomic E-state index is 10.4. The Bertz CT molecular complexity index is 411. The Hall–Kier alpha value is -1.37. The molecule has 2 atom stereocenters. The van der Waals surface area contributed by atoms with Gasteiger partial charge < -0.3 is 9.84 Å². The summed E-state index contributed by atoms with van der Waals surface area (Å²) in [6.07, 6.45) is -0.185. The summed E-state index contributed by atoms with van der Waals surface area (Å²) in [5, 5.41) is 19.6. The molecule has 3 heteroatoms. The van der Waals surface area contributed by atoms with Crippen molar-refractivity contribution in [2.75, 3.05) is 7.11 Å². The van der Waals surface area contributed by atoms with Crippen LogP contribution in [0.4, 0.5) is 0 Å². The van der Waals surface area contributed by atoms with Gasteiger partial charge in [-0.3, -0.25) is 0 Å². The fourth-order valence-electron chi connectivity index (χ4n) is 1.76. The number of aliphatic hydroxyl groups excluding tert-OH is 1. The van der Waals surface area contributed by atoms with Crippen LogP contribution in [-0.2, 0) is 11.3 Å². The second-order valence-electron chi connectivity index (χ2n) is 4.42. The lowest BCUT2D eigenvalue weighted by Gasteiger charge is -2.28. The molecule has 1 rings (SSSR count). The summed E-state index contributed by atoms with van der Waals surface area (Å²) in [6.45, 7) is 4.13. The van der Waals surface area contributed by atoms with Crippen LogP contribution in [0, 0.1) is 16.7 Å². The Morgan fingerprint density at radius 2 is 2.12 bits per heavy atom. The second-order valence-corrected chi connectivity index (χ2v) is 4.42. The molecule has 3 nitrogen and oxygen atoms in total. The van der Waals surface area contributed by atoms with E-state index in [-0.39, 0.29) is 0 Å². The van der Waals surface area contributed by atoms with E-state index in [1.807, 2.05) is 31.2 Å². The van der Waals surface area contributed by atoms with Crippen LogP contribution in [0.25, 0.3) is 0 Å². The standard InChI is InChI=1S/C14H19NO2/c1-4-14(2,10-15)13(16)12-8-6-5-7-11(12)9-17-3/h5-8,13,16H,4,9H2,1-3H3. The summed E-state index contributed by atoms with van der Waals surface area (Å²) in [5.41, 5.74) is 0.946. The zero-order valence-electron chi connectivity index (χ0n) is 10.6. The highest BCUT2D eigenvalue weighted by atomic mass is 16.5. The lowest BCUT2D eigenvalue weighted by Crippen LogP contribution is -2.24. The van der Waals surface area contributed by atoms with Crippen molar-refractivity contribution in [3.05, 3.63) is 35.4 Å². The monoisotopic (exact) mass is 233 g/mol. The van der Waals surface area contributed by atoms with E-state index in [0.717, 1.165) is 11.1 Å². The number of rotatable bonds is 5. The van der Waals surface area contributed by atoms with Crippen molar-refractivity contribution in [2.24, 2.45) is 5.41 Å². The van der Waals surface area contributed by atoms with Crippen LogP contribution in [0.1, 0.15) is 37.5 Å². The zero-order valence-corrected chi connectivity index (χ0v) is 10.6. The minimum absolute atomic E-state index is 0.443. The minimum atomic E-state index is -0.788. The highest BCUT2D eigenvalue weighted by Gasteiger charge is 2.33. The SMILES string of the molecule is CCC(C)(C#N)C(O)c1ccccc1COC. The molecule has 17 heavy (non-hydrogen) atoms. The molecule has 92 valence electrons. The fourth-order valence-corrected chi connectivity index (χ4v) is 1.76. The Labute approximate surface area is 103 Å². The van der Waals surface area contributed by atoms with Gasteiger partial charge in [-0.15, -0.1) is 0 Å². The van der Waals surface area contributed by atoms with Crippen molar-refractivity contribution in [3.63, 3.8) is 0 Å². The molecule has 0 heterocycles. The average Bonchev–Trinajstić information content (AvgIpc) is 2.38. The van der Waals surface area contributed by atoms with Gasteiger partial charge in [0.2, 0.25) is 0 Å². The van der Waals surface area contributed by atoms with Gasteiger partial charge in [-0.25, -0.2) is 0 Å². The minimum Gasteiger partial charge on any atom is -0.387 e. The molecule has 1 aromatic rings. The molecular weight excluding hydrogens is 214 g/mol.